The van der Waals surface area contributed by atoms with E-state index in [1.165, 1.54) is 0 Å². The van der Waals surface area contributed by atoms with Gasteiger partial charge in [0, 0.05) is 45.3 Å². The van der Waals surface area contributed by atoms with Gasteiger partial charge in [-0.1, -0.05) is 48.5 Å². The molecule has 6 aromatic rings. The highest BCUT2D eigenvalue weighted by atomic mass is 16.3. The van der Waals surface area contributed by atoms with Crippen molar-refractivity contribution in [3.63, 3.8) is 0 Å². The molecule has 2 aromatic heterocycles. The minimum absolute atomic E-state index is 0.182. The molecule has 1 aliphatic rings. The van der Waals surface area contributed by atoms with Crippen molar-refractivity contribution in [3.8, 4) is 16.8 Å². The van der Waals surface area contributed by atoms with E-state index in [9.17, 15) is 9.90 Å². The lowest BCUT2D eigenvalue weighted by Gasteiger charge is -2.28. The summed E-state index contributed by atoms with van der Waals surface area (Å²) in [6, 6.07) is 31.2. The van der Waals surface area contributed by atoms with Gasteiger partial charge < -0.3 is 20.7 Å². The van der Waals surface area contributed by atoms with Crippen LogP contribution in [0, 0.1) is 0 Å². The van der Waals surface area contributed by atoms with Gasteiger partial charge in [0.05, 0.1) is 28.2 Å². The van der Waals surface area contributed by atoms with Crippen LogP contribution in [0.1, 0.15) is 36.0 Å². The second kappa shape index (κ2) is 9.81. The molecule has 7 rings (SSSR count). The zero-order valence-corrected chi connectivity index (χ0v) is 22.0. The summed E-state index contributed by atoms with van der Waals surface area (Å²) in [5, 5.41) is 16.9. The molecule has 2 heterocycles. The van der Waals surface area contributed by atoms with Crippen molar-refractivity contribution in [2.75, 3.05) is 5.32 Å². The molecule has 1 saturated carbocycles. The normalized spacial score (nSPS) is 17.4. The minimum atomic E-state index is -0.460. The van der Waals surface area contributed by atoms with Crippen molar-refractivity contribution in [2.24, 2.45) is 5.73 Å². The number of fused-ring (bicyclic) bond motifs is 4. The smallest absolute Gasteiger partial charge is 0.250 e. The van der Waals surface area contributed by atoms with Gasteiger partial charge in [0.15, 0.2) is 0 Å². The summed E-state index contributed by atoms with van der Waals surface area (Å²) < 4.78 is 2.25. The monoisotopic (exact) mass is 526 g/mol. The number of primary amides is 1. The third-order valence-corrected chi connectivity index (χ3v) is 8.18. The molecule has 0 bridgehead atoms. The number of carbonyl (C=O) groups excluding carboxylic acids is 1. The van der Waals surface area contributed by atoms with Crippen molar-refractivity contribution in [1.29, 1.82) is 0 Å². The summed E-state index contributed by atoms with van der Waals surface area (Å²) in [4.78, 5) is 17.1. The van der Waals surface area contributed by atoms with Gasteiger partial charge in [-0.2, -0.15) is 0 Å². The van der Waals surface area contributed by atoms with Crippen molar-refractivity contribution < 1.29 is 9.90 Å². The number of nitrogens with zero attached hydrogens (tertiary/aromatic N) is 2. The second-order valence-corrected chi connectivity index (χ2v) is 10.7. The molecule has 6 nitrogen and oxygen atoms in total. The lowest BCUT2D eigenvalue weighted by molar-refractivity contribution is 0.100. The Labute approximate surface area is 232 Å². The highest BCUT2D eigenvalue weighted by Gasteiger charge is 2.22. The molecule has 1 amide bonds. The van der Waals surface area contributed by atoms with Crippen LogP contribution in [0.4, 0.5) is 5.69 Å². The van der Waals surface area contributed by atoms with E-state index < -0.39 is 5.91 Å². The average molecular weight is 527 g/mol. The molecular weight excluding hydrogens is 496 g/mol. The first-order valence-electron chi connectivity index (χ1n) is 13.8. The Morgan fingerprint density at radius 3 is 2.50 bits per heavy atom. The molecule has 6 heteroatoms. The van der Waals surface area contributed by atoms with Gasteiger partial charge in [0.1, 0.15) is 0 Å². The minimum Gasteiger partial charge on any atom is -0.393 e. The second-order valence-electron chi connectivity index (χ2n) is 10.7. The third-order valence-electron chi connectivity index (χ3n) is 8.18. The molecule has 4 aromatic carbocycles. The average Bonchev–Trinajstić information content (AvgIpc) is 3.32. The summed E-state index contributed by atoms with van der Waals surface area (Å²) >= 11 is 0. The number of aliphatic hydroxyl groups excluding tert-OH is 1. The maximum atomic E-state index is 12.4. The fourth-order valence-electron chi connectivity index (χ4n) is 6.20. The molecular formula is C34H30N4O2. The van der Waals surface area contributed by atoms with Crippen molar-refractivity contribution >= 4 is 44.3 Å². The van der Waals surface area contributed by atoms with Crippen LogP contribution in [0.25, 0.3) is 49.5 Å². The molecule has 0 saturated heterocycles. The maximum Gasteiger partial charge on any atom is 0.250 e. The molecule has 0 spiro atoms. The maximum absolute atomic E-state index is 12.4. The fraction of sp³-hybridized carbons (Fsp3) is 0.176. The number of hydrogen-bond acceptors (Lipinski definition) is 4. The number of rotatable bonds is 5. The van der Waals surface area contributed by atoms with E-state index in [1.807, 2.05) is 42.6 Å². The van der Waals surface area contributed by atoms with E-state index in [-0.39, 0.29) is 12.1 Å². The van der Waals surface area contributed by atoms with E-state index in [2.05, 4.69) is 64.5 Å². The number of anilines is 1. The van der Waals surface area contributed by atoms with Crippen LogP contribution in [0.5, 0.6) is 0 Å². The van der Waals surface area contributed by atoms with E-state index >= 15 is 0 Å². The number of amides is 1. The Morgan fingerprint density at radius 2 is 1.65 bits per heavy atom. The molecule has 0 aliphatic heterocycles. The number of nitrogens with one attached hydrogen (secondary N) is 1. The van der Waals surface area contributed by atoms with Crippen molar-refractivity contribution in [3.05, 3.63) is 103 Å². The van der Waals surface area contributed by atoms with E-state index in [4.69, 9.17) is 10.7 Å². The summed E-state index contributed by atoms with van der Waals surface area (Å²) in [7, 11) is 0. The van der Waals surface area contributed by atoms with Gasteiger partial charge in [0.2, 0.25) is 0 Å². The van der Waals surface area contributed by atoms with Crippen LogP contribution in [0.2, 0.25) is 0 Å². The number of aliphatic hydroxyl groups is 1. The van der Waals surface area contributed by atoms with Crippen molar-refractivity contribution in [2.45, 2.75) is 37.8 Å². The Balaban J connectivity index is 1.41. The van der Waals surface area contributed by atoms with Gasteiger partial charge in [-0.25, -0.2) is 0 Å². The number of carbonyl (C=O) groups is 1. The van der Waals surface area contributed by atoms with Crippen LogP contribution >= 0.6 is 0 Å². The summed E-state index contributed by atoms with van der Waals surface area (Å²) in [6.45, 7) is 0. The first-order valence-corrected chi connectivity index (χ1v) is 13.8. The third kappa shape index (κ3) is 4.17. The lowest BCUT2D eigenvalue weighted by Crippen LogP contribution is -2.29. The number of hydrogen-bond donors (Lipinski definition) is 3. The highest BCUT2D eigenvalue weighted by molar-refractivity contribution is 6.16. The van der Waals surface area contributed by atoms with Crippen LogP contribution in [-0.2, 0) is 0 Å². The van der Waals surface area contributed by atoms with E-state index in [0.717, 1.165) is 80.9 Å². The topological polar surface area (TPSA) is 93.2 Å². The predicted molar refractivity (Wildman–Crippen MR) is 162 cm³/mol. The van der Waals surface area contributed by atoms with Crippen molar-refractivity contribution in [1.82, 2.24) is 9.55 Å². The number of pyridine rings is 1. The molecule has 40 heavy (non-hydrogen) atoms. The first kappa shape index (κ1) is 24.4. The molecule has 0 radical (unpaired) electrons. The van der Waals surface area contributed by atoms with E-state index in [0.29, 0.717) is 5.56 Å². The Kier molecular flexibility index (Phi) is 5.98. The summed E-state index contributed by atoms with van der Waals surface area (Å²) in [6.07, 6.45) is 4.91. The van der Waals surface area contributed by atoms with Crippen LogP contribution in [-0.4, -0.2) is 32.7 Å². The zero-order valence-electron chi connectivity index (χ0n) is 22.0. The molecule has 1 aliphatic carbocycles. The molecule has 1 fully saturated rings. The predicted octanol–water partition coefficient (Wildman–Crippen LogP) is 6.81. The number of aromatic nitrogens is 2. The Bertz CT molecular complexity index is 1900. The molecule has 0 unspecified atom stereocenters. The zero-order chi connectivity index (χ0) is 27.2. The van der Waals surface area contributed by atoms with Crippen LogP contribution < -0.4 is 11.1 Å². The van der Waals surface area contributed by atoms with Gasteiger partial charge in [0.25, 0.3) is 5.91 Å². The number of nitrogens with two attached hydrogens (primary N) is 1. The quantitative estimate of drug-likeness (QED) is 0.230. The van der Waals surface area contributed by atoms with Gasteiger partial charge >= 0.3 is 0 Å². The van der Waals surface area contributed by atoms with Gasteiger partial charge in [-0.15, -0.1) is 0 Å². The standard InChI is InChI=1S/C34H30N4O2/c35-34(40)27-17-14-24(19-30(27)37-23-12-15-25(39)16-13-23)38-31-10-4-2-7-28(31)33-26(8-5-11-32(33)38)22-18-21-6-1-3-9-29(21)36-20-22/h1-11,14,17-20,23,25,37,39H,12-13,15-16H2,(H2,35,40). The highest BCUT2D eigenvalue weighted by Crippen LogP contribution is 2.39. The van der Waals surface area contributed by atoms with Crippen LogP contribution in [0.3, 0.4) is 0 Å². The van der Waals surface area contributed by atoms with E-state index in [1.54, 1.807) is 0 Å². The fourth-order valence-corrected chi connectivity index (χ4v) is 6.20. The Morgan fingerprint density at radius 1 is 0.875 bits per heavy atom. The lowest BCUT2D eigenvalue weighted by atomic mass is 9.92. The first-order chi connectivity index (χ1) is 19.6. The number of para-hydroxylation sites is 2. The molecule has 0 atom stereocenters. The molecule has 198 valence electrons. The van der Waals surface area contributed by atoms with Crippen LogP contribution in [0.15, 0.2) is 97.2 Å². The number of benzene rings is 4. The summed E-state index contributed by atoms with van der Waals surface area (Å²) in [5.74, 6) is -0.460. The largest absolute Gasteiger partial charge is 0.393 e. The Hall–Kier alpha value is -4.68. The summed E-state index contributed by atoms with van der Waals surface area (Å²) in [5.41, 5.74) is 13.3. The van der Waals surface area contributed by atoms with Gasteiger partial charge in [-0.3, -0.25) is 9.78 Å². The molecule has 4 N–H and O–H groups in total. The SMILES string of the molecule is NC(=O)c1ccc(-n2c3ccccc3c3c(-c4cnc5ccccc5c4)cccc32)cc1NC1CCC(O)CC1. The van der Waals surface area contributed by atoms with Gasteiger partial charge in [-0.05, 0) is 73.7 Å².